The van der Waals surface area contributed by atoms with Gasteiger partial charge >= 0.3 is 69.5 Å². The summed E-state index contributed by atoms with van der Waals surface area (Å²) in [6.45, 7) is 6.92. The third-order valence-electron chi connectivity index (χ3n) is 1.13. The molecular formula is C6H16LiMn. The van der Waals surface area contributed by atoms with Crippen molar-refractivity contribution in [2.75, 3.05) is 0 Å². The Labute approximate surface area is 69.5 Å². The van der Waals surface area contributed by atoms with E-state index < -0.39 is 0 Å². The predicted molar refractivity (Wildman–Crippen MR) is 38.6 cm³/mol. The molecule has 8 heavy (non-hydrogen) atoms. The molecule has 0 heterocycles. The Balaban J connectivity index is 0. The molecule has 0 aliphatic heterocycles. The van der Waals surface area contributed by atoms with Crippen LogP contribution < -0.4 is 0 Å². The second kappa shape index (κ2) is 8.12. The average Bonchev–Trinajstić information content (AvgIpc) is 1.72. The molecule has 0 spiro atoms. The SMILES string of the molecule is C[CH2][Mn]([CH2]C)[CH2]C.[LiH]. The van der Waals surface area contributed by atoms with E-state index in [1.165, 1.54) is 16.0 Å². The van der Waals surface area contributed by atoms with Crippen LogP contribution in [0.25, 0.3) is 0 Å². The third-order valence-corrected chi connectivity index (χ3v) is 4.68. The van der Waals surface area contributed by atoms with Gasteiger partial charge in [0, 0.05) is 0 Å². The van der Waals surface area contributed by atoms with Crippen LogP contribution in [0, 0.1) is 0 Å². The summed E-state index contributed by atoms with van der Waals surface area (Å²) in [5.74, 6) is 0. The standard InChI is InChI=1S/3C2H5.Li.Mn.H/c3*1-2;;;/h3*1H2,2H3;;;. The van der Waals surface area contributed by atoms with Crippen molar-refractivity contribution in [1.82, 2.24) is 0 Å². The van der Waals surface area contributed by atoms with E-state index in [0.717, 1.165) is 0 Å². The van der Waals surface area contributed by atoms with Gasteiger partial charge in [-0.05, 0) is 0 Å². The minimum absolute atomic E-state index is 0. The van der Waals surface area contributed by atoms with Crippen LogP contribution in [-0.2, 0) is 13.9 Å². The number of rotatable bonds is 3. The van der Waals surface area contributed by atoms with E-state index in [1.807, 2.05) is 0 Å². The molecule has 0 bridgehead atoms. The molecule has 0 radical (unpaired) electrons. The maximum absolute atomic E-state index is 2.31. The van der Waals surface area contributed by atoms with Crippen molar-refractivity contribution in [2.24, 2.45) is 0 Å². The van der Waals surface area contributed by atoms with Crippen LogP contribution in [-0.4, -0.2) is 18.9 Å². The van der Waals surface area contributed by atoms with Crippen molar-refractivity contribution in [3.8, 4) is 0 Å². The van der Waals surface area contributed by atoms with Gasteiger partial charge < -0.3 is 0 Å². The second-order valence-electron chi connectivity index (χ2n) is 1.37. The summed E-state index contributed by atoms with van der Waals surface area (Å²) in [6.07, 6.45) is 0. The normalized spacial score (nSPS) is 10.1. The Bertz CT molecular complexity index is 30.0. The summed E-state index contributed by atoms with van der Waals surface area (Å²) in [7, 11) is 0. The van der Waals surface area contributed by atoms with Crippen molar-refractivity contribution in [3.63, 3.8) is 0 Å². The maximum atomic E-state index is 2.31. The van der Waals surface area contributed by atoms with Gasteiger partial charge in [-0.1, -0.05) is 0 Å². The summed E-state index contributed by atoms with van der Waals surface area (Å²) < 4.78 is 0. The van der Waals surface area contributed by atoms with E-state index in [2.05, 4.69) is 20.8 Å². The van der Waals surface area contributed by atoms with Crippen molar-refractivity contribution in [2.45, 2.75) is 36.7 Å². The molecule has 0 saturated heterocycles. The summed E-state index contributed by atoms with van der Waals surface area (Å²) in [6, 6.07) is 0. The number of hydrogen-bond donors (Lipinski definition) is 0. The Morgan fingerprint density at radius 1 is 0.875 bits per heavy atom. The first-order valence-corrected chi connectivity index (χ1v) is 5.43. The van der Waals surface area contributed by atoms with E-state index in [4.69, 9.17) is 0 Å². The van der Waals surface area contributed by atoms with E-state index in [0.29, 0.717) is 0 Å². The molecule has 0 N–H and O–H groups in total. The predicted octanol–water partition coefficient (Wildman–Crippen LogP) is 2.27. The second-order valence-corrected chi connectivity index (χ2v) is 5.64. The molecule has 0 unspecified atom stereocenters. The van der Waals surface area contributed by atoms with Crippen LogP contribution in [0.1, 0.15) is 20.8 Å². The van der Waals surface area contributed by atoms with Gasteiger partial charge in [-0.2, -0.15) is 0 Å². The molecule has 0 saturated carbocycles. The Morgan fingerprint density at radius 3 is 1.12 bits per heavy atom. The zero-order valence-corrected chi connectivity index (χ0v) is 6.68. The molecule has 48 valence electrons. The molecule has 0 atom stereocenters. The molecule has 0 aliphatic rings. The molecule has 0 aliphatic carbocycles. The Kier molecular flexibility index (Phi) is 12.0. The zero-order chi connectivity index (χ0) is 5.70. The van der Waals surface area contributed by atoms with E-state index in [-0.39, 0.29) is 32.8 Å². The first kappa shape index (κ1) is 11.9. The van der Waals surface area contributed by atoms with Crippen LogP contribution in [0.4, 0.5) is 0 Å². The molecule has 0 aromatic rings. The monoisotopic (exact) mass is 150 g/mol. The molecule has 0 aromatic heterocycles. The van der Waals surface area contributed by atoms with Gasteiger partial charge in [0.05, 0.1) is 0 Å². The molecule has 0 aromatic carbocycles. The van der Waals surface area contributed by atoms with Gasteiger partial charge in [-0.3, -0.25) is 0 Å². The molecular weight excluding hydrogens is 134 g/mol. The van der Waals surface area contributed by atoms with E-state index in [9.17, 15) is 0 Å². The van der Waals surface area contributed by atoms with Gasteiger partial charge in [0.25, 0.3) is 0 Å². The van der Waals surface area contributed by atoms with E-state index in [1.54, 1.807) is 0 Å². The number of hydrogen-bond acceptors (Lipinski definition) is 0. The first-order chi connectivity index (χ1) is 3.35. The van der Waals surface area contributed by atoms with Crippen molar-refractivity contribution in [1.29, 1.82) is 0 Å². The fraction of sp³-hybridized carbons (Fsp3) is 1.00. The average molecular weight is 150 g/mol. The van der Waals surface area contributed by atoms with Crippen molar-refractivity contribution >= 4 is 18.9 Å². The van der Waals surface area contributed by atoms with Crippen LogP contribution in [0.5, 0.6) is 0 Å². The van der Waals surface area contributed by atoms with Crippen LogP contribution in [0.2, 0.25) is 16.0 Å². The Morgan fingerprint density at radius 2 is 1.12 bits per heavy atom. The summed E-state index contributed by atoms with van der Waals surface area (Å²) in [5, 5.41) is 4.38. The van der Waals surface area contributed by atoms with E-state index >= 15 is 0 Å². The fourth-order valence-electron chi connectivity index (χ4n) is 0.567. The zero-order valence-electron chi connectivity index (χ0n) is 5.50. The molecule has 0 rings (SSSR count). The van der Waals surface area contributed by atoms with Crippen LogP contribution in [0.3, 0.4) is 0 Å². The van der Waals surface area contributed by atoms with Gasteiger partial charge in [0.2, 0.25) is 0 Å². The topological polar surface area (TPSA) is 0 Å². The fourth-order valence-corrected chi connectivity index (χ4v) is 2.34. The van der Waals surface area contributed by atoms with Gasteiger partial charge in [-0.25, -0.2) is 0 Å². The summed E-state index contributed by atoms with van der Waals surface area (Å²) >= 11 is 0.118. The first-order valence-electron chi connectivity index (χ1n) is 2.92. The molecule has 2 heteroatoms. The van der Waals surface area contributed by atoms with Gasteiger partial charge in [-0.15, -0.1) is 0 Å². The molecule has 0 amide bonds. The minimum atomic E-state index is 0. The quantitative estimate of drug-likeness (QED) is 0.541. The summed E-state index contributed by atoms with van der Waals surface area (Å²) in [5.41, 5.74) is 0. The summed E-state index contributed by atoms with van der Waals surface area (Å²) in [4.78, 5) is 0. The van der Waals surface area contributed by atoms with Gasteiger partial charge in [0.1, 0.15) is 0 Å². The molecule has 0 nitrogen and oxygen atoms in total. The Hall–Kier alpha value is 1.12. The third kappa shape index (κ3) is 5.26. The van der Waals surface area contributed by atoms with Gasteiger partial charge in [0.15, 0.2) is 0 Å². The molecule has 0 fully saturated rings. The van der Waals surface area contributed by atoms with Crippen LogP contribution >= 0.6 is 0 Å². The van der Waals surface area contributed by atoms with Crippen molar-refractivity contribution in [3.05, 3.63) is 0 Å². The van der Waals surface area contributed by atoms with Crippen LogP contribution in [0.15, 0.2) is 0 Å². The van der Waals surface area contributed by atoms with Crippen molar-refractivity contribution < 1.29 is 13.9 Å².